The van der Waals surface area contributed by atoms with Gasteiger partial charge in [-0.2, -0.15) is 0 Å². The highest BCUT2D eigenvalue weighted by Gasteiger charge is 2.47. The van der Waals surface area contributed by atoms with E-state index in [9.17, 15) is 4.79 Å². The summed E-state index contributed by atoms with van der Waals surface area (Å²) in [6.45, 7) is 15.0. The lowest BCUT2D eigenvalue weighted by Crippen LogP contribution is -2.50. The van der Waals surface area contributed by atoms with E-state index >= 15 is 0 Å². The number of carbonyl (C=O) groups excluding carboxylic acids is 1. The molecule has 3 nitrogen and oxygen atoms in total. The third-order valence-electron chi connectivity index (χ3n) is 4.12. The van der Waals surface area contributed by atoms with Crippen LogP contribution >= 0.6 is 0 Å². The maximum Gasteiger partial charge on any atom is 0.258 e. The molecule has 0 spiro atoms. The van der Waals surface area contributed by atoms with Gasteiger partial charge in [0.15, 0.2) is 5.78 Å². The molecule has 0 amide bonds. The highest BCUT2D eigenvalue weighted by molar-refractivity contribution is 6.78. The maximum absolute atomic E-state index is 11.5. The molecule has 1 rings (SSSR count). The third-order valence-corrected chi connectivity index (χ3v) is 10.1. The molecule has 0 saturated carbocycles. The average molecular weight is 293 g/mol. The van der Waals surface area contributed by atoms with E-state index in [0.717, 1.165) is 5.75 Å². The Kier molecular flexibility index (Phi) is 5.51. The highest BCUT2D eigenvalue weighted by atomic mass is 28.4. The molecular formula is C16H27NO2Si. The van der Waals surface area contributed by atoms with Gasteiger partial charge in [0.25, 0.3) is 8.32 Å². The predicted molar refractivity (Wildman–Crippen MR) is 85.9 cm³/mol. The number of ketones is 1. The summed E-state index contributed by atoms with van der Waals surface area (Å²) in [6.07, 6.45) is 3.32. The van der Waals surface area contributed by atoms with Gasteiger partial charge in [0.1, 0.15) is 5.75 Å². The summed E-state index contributed by atoms with van der Waals surface area (Å²) in [5.41, 5.74) is 2.12. The average Bonchev–Trinajstić information content (AvgIpc) is 2.34. The van der Waals surface area contributed by atoms with Crippen molar-refractivity contribution < 1.29 is 9.22 Å². The van der Waals surface area contributed by atoms with Crippen LogP contribution in [-0.2, 0) is 0 Å². The minimum Gasteiger partial charge on any atom is -0.542 e. The molecule has 20 heavy (non-hydrogen) atoms. The van der Waals surface area contributed by atoms with Crippen LogP contribution in [0, 0.1) is 0 Å². The third kappa shape index (κ3) is 3.29. The molecule has 4 heteroatoms. The Morgan fingerprint density at radius 3 is 1.95 bits per heavy atom. The first-order valence-corrected chi connectivity index (χ1v) is 9.50. The van der Waals surface area contributed by atoms with Crippen LogP contribution in [0.15, 0.2) is 18.5 Å². The van der Waals surface area contributed by atoms with Crippen LogP contribution in [0.4, 0.5) is 0 Å². The number of aromatic nitrogens is 1. The number of carbonyl (C=O) groups is 1. The second kappa shape index (κ2) is 6.53. The van der Waals surface area contributed by atoms with Crippen LogP contribution in [0.5, 0.6) is 5.75 Å². The Labute approximate surface area is 123 Å². The van der Waals surface area contributed by atoms with E-state index in [1.165, 1.54) is 0 Å². The topological polar surface area (TPSA) is 39.2 Å². The number of Topliss-reactive ketones (excluding diaryl/α,β-unsaturated/α-hetero) is 1. The molecule has 0 unspecified atom stereocenters. The van der Waals surface area contributed by atoms with E-state index in [0.29, 0.717) is 22.2 Å². The molecule has 1 aromatic heterocycles. The van der Waals surface area contributed by atoms with Crippen LogP contribution in [0.1, 0.15) is 58.8 Å². The van der Waals surface area contributed by atoms with Gasteiger partial charge in [0, 0.05) is 11.8 Å². The minimum absolute atomic E-state index is 0.0221. The Bertz CT molecular complexity index is 448. The van der Waals surface area contributed by atoms with Crippen molar-refractivity contribution in [2.24, 2.45) is 0 Å². The van der Waals surface area contributed by atoms with Crippen LogP contribution < -0.4 is 4.43 Å². The fourth-order valence-electron chi connectivity index (χ4n) is 3.22. The number of nitrogens with zero attached hydrogens (tertiary/aromatic N) is 1. The molecule has 1 aromatic rings. The van der Waals surface area contributed by atoms with Crippen molar-refractivity contribution in [1.82, 2.24) is 4.98 Å². The van der Waals surface area contributed by atoms with E-state index < -0.39 is 8.32 Å². The van der Waals surface area contributed by atoms with Gasteiger partial charge in [-0.25, -0.2) is 0 Å². The molecule has 0 bridgehead atoms. The van der Waals surface area contributed by atoms with Gasteiger partial charge < -0.3 is 4.43 Å². The highest BCUT2D eigenvalue weighted by Crippen LogP contribution is 2.42. The summed E-state index contributed by atoms with van der Waals surface area (Å²) in [4.78, 5) is 15.6. The zero-order chi connectivity index (χ0) is 15.5. The quantitative estimate of drug-likeness (QED) is 0.556. The largest absolute Gasteiger partial charge is 0.542 e. The standard InChI is InChI=1S/C16H27NO2Si/c1-11(2)20(12(3)4,13(5)6)19-16-8-15(14(7)18)9-17-10-16/h8-13H,1-7H3. The summed E-state index contributed by atoms with van der Waals surface area (Å²) in [6, 6.07) is 1.82. The molecule has 0 fully saturated rings. The fourth-order valence-corrected chi connectivity index (χ4v) is 8.45. The molecule has 0 aliphatic rings. The van der Waals surface area contributed by atoms with Crippen LogP contribution in [0.25, 0.3) is 0 Å². The van der Waals surface area contributed by atoms with E-state index in [1.54, 1.807) is 19.3 Å². The lowest BCUT2D eigenvalue weighted by atomic mass is 10.2. The zero-order valence-corrected chi connectivity index (χ0v) is 14.7. The van der Waals surface area contributed by atoms with Crippen molar-refractivity contribution in [2.45, 2.75) is 65.1 Å². The van der Waals surface area contributed by atoms with Crippen LogP contribution in [0.3, 0.4) is 0 Å². The second-order valence-corrected chi connectivity index (χ2v) is 11.8. The molecule has 0 N–H and O–H groups in total. The van der Waals surface area contributed by atoms with Crippen molar-refractivity contribution in [3.63, 3.8) is 0 Å². The van der Waals surface area contributed by atoms with Crippen LogP contribution in [0.2, 0.25) is 16.6 Å². The van der Waals surface area contributed by atoms with Gasteiger partial charge >= 0.3 is 0 Å². The van der Waals surface area contributed by atoms with E-state index in [4.69, 9.17) is 4.43 Å². The molecule has 1 heterocycles. The van der Waals surface area contributed by atoms with Gasteiger partial charge in [0.2, 0.25) is 0 Å². The summed E-state index contributed by atoms with van der Waals surface area (Å²) in [7, 11) is -1.98. The zero-order valence-electron chi connectivity index (χ0n) is 13.7. The fraction of sp³-hybridized carbons (Fsp3) is 0.625. The SMILES string of the molecule is CC(=O)c1cncc(O[Si](C(C)C)(C(C)C)C(C)C)c1. The molecule has 0 aliphatic heterocycles. The monoisotopic (exact) mass is 293 g/mol. The summed E-state index contributed by atoms with van der Waals surface area (Å²) in [5, 5.41) is 0. The van der Waals surface area contributed by atoms with Crippen molar-refractivity contribution >= 4 is 14.1 Å². The molecule has 0 radical (unpaired) electrons. The number of hydrogen-bond donors (Lipinski definition) is 0. The Morgan fingerprint density at radius 2 is 1.55 bits per heavy atom. The normalized spacial score (nSPS) is 12.3. The lowest BCUT2D eigenvalue weighted by molar-refractivity contribution is 0.101. The number of rotatable bonds is 6. The smallest absolute Gasteiger partial charge is 0.258 e. The molecule has 0 aliphatic carbocycles. The Hall–Kier alpha value is -1.16. The first kappa shape index (κ1) is 16.9. The van der Waals surface area contributed by atoms with E-state index in [-0.39, 0.29) is 5.78 Å². The molecule has 0 aromatic carbocycles. The van der Waals surface area contributed by atoms with Gasteiger partial charge in [-0.1, -0.05) is 41.5 Å². The van der Waals surface area contributed by atoms with Gasteiger partial charge in [-0.05, 0) is 29.6 Å². The molecule has 0 atom stereocenters. The molecule has 112 valence electrons. The van der Waals surface area contributed by atoms with E-state index in [1.807, 2.05) is 6.07 Å². The Balaban J connectivity index is 3.19. The first-order valence-electron chi connectivity index (χ1n) is 7.36. The summed E-state index contributed by atoms with van der Waals surface area (Å²) < 4.78 is 6.50. The Morgan fingerprint density at radius 1 is 1.05 bits per heavy atom. The van der Waals surface area contributed by atoms with E-state index in [2.05, 4.69) is 46.5 Å². The van der Waals surface area contributed by atoms with Gasteiger partial charge in [-0.15, -0.1) is 0 Å². The lowest BCUT2D eigenvalue weighted by Gasteiger charge is -2.42. The number of pyridine rings is 1. The molecular weight excluding hydrogens is 266 g/mol. The summed E-state index contributed by atoms with van der Waals surface area (Å²) >= 11 is 0. The maximum atomic E-state index is 11.5. The van der Waals surface area contributed by atoms with Crippen LogP contribution in [-0.4, -0.2) is 19.1 Å². The van der Waals surface area contributed by atoms with Crippen molar-refractivity contribution in [3.8, 4) is 5.75 Å². The van der Waals surface area contributed by atoms with Crippen molar-refractivity contribution in [1.29, 1.82) is 0 Å². The predicted octanol–water partition coefficient (Wildman–Crippen LogP) is 4.84. The summed E-state index contributed by atoms with van der Waals surface area (Å²) in [5.74, 6) is 0.759. The number of hydrogen-bond acceptors (Lipinski definition) is 3. The second-order valence-electron chi connectivity index (χ2n) is 6.39. The first-order chi connectivity index (χ1) is 9.21. The van der Waals surface area contributed by atoms with Gasteiger partial charge in [-0.3, -0.25) is 9.78 Å². The minimum atomic E-state index is -1.98. The van der Waals surface area contributed by atoms with Gasteiger partial charge in [0.05, 0.1) is 6.20 Å². The molecule has 0 saturated heterocycles. The van der Waals surface area contributed by atoms with Crippen molar-refractivity contribution in [3.05, 3.63) is 24.0 Å². The van der Waals surface area contributed by atoms with Crippen molar-refractivity contribution in [2.75, 3.05) is 0 Å².